The summed E-state index contributed by atoms with van der Waals surface area (Å²) in [5.41, 5.74) is 1.29. The zero-order valence-corrected chi connectivity index (χ0v) is 12.2. The van der Waals surface area contributed by atoms with Crippen LogP contribution >= 0.6 is 0 Å². The zero-order valence-electron chi connectivity index (χ0n) is 12.2. The first-order chi connectivity index (χ1) is 9.90. The summed E-state index contributed by atoms with van der Waals surface area (Å²) >= 11 is 0. The number of halogens is 1. The van der Waals surface area contributed by atoms with Gasteiger partial charge < -0.3 is 9.88 Å². The lowest BCUT2D eigenvalue weighted by Crippen LogP contribution is -2.33. The highest BCUT2D eigenvalue weighted by Gasteiger charge is 2.21. The van der Waals surface area contributed by atoms with E-state index in [1.54, 1.807) is 26.1 Å². The minimum atomic E-state index is -0.368. The maximum absolute atomic E-state index is 12.9. The second-order valence-electron chi connectivity index (χ2n) is 5.04. The van der Waals surface area contributed by atoms with Crippen molar-refractivity contribution in [1.29, 1.82) is 0 Å². The summed E-state index contributed by atoms with van der Waals surface area (Å²) in [5.74, 6) is -0.692. The predicted molar refractivity (Wildman–Crippen MR) is 78.7 cm³/mol. The van der Waals surface area contributed by atoms with E-state index in [0.717, 1.165) is 5.56 Å². The van der Waals surface area contributed by atoms with Gasteiger partial charge in [-0.1, -0.05) is 12.1 Å². The highest BCUT2D eigenvalue weighted by molar-refractivity contribution is 5.93. The van der Waals surface area contributed by atoms with Gasteiger partial charge in [0, 0.05) is 25.0 Å². The van der Waals surface area contributed by atoms with Gasteiger partial charge in [0.15, 0.2) is 5.43 Å². The van der Waals surface area contributed by atoms with Crippen LogP contribution in [0.15, 0.2) is 41.3 Å². The molecule has 1 amide bonds. The number of carbonyl (C=O) groups excluding carboxylic acids is 1. The number of aromatic nitrogens is 1. The number of nitrogens with zero attached hydrogens (tertiary/aromatic N) is 1. The molecule has 5 heteroatoms. The van der Waals surface area contributed by atoms with E-state index in [1.807, 2.05) is 6.92 Å². The first-order valence-electron chi connectivity index (χ1n) is 6.62. The van der Waals surface area contributed by atoms with E-state index in [-0.39, 0.29) is 28.8 Å². The van der Waals surface area contributed by atoms with Gasteiger partial charge in [-0.3, -0.25) is 9.59 Å². The number of carbonyl (C=O) groups is 1. The molecule has 0 spiro atoms. The van der Waals surface area contributed by atoms with E-state index < -0.39 is 0 Å². The van der Waals surface area contributed by atoms with E-state index in [9.17, 15) is 14.0 Å². The Balaban J connectivity index is 2.26. The molecule has 0 radical (unpaired) electrons. The second kappa shape index (κ2) is 5.91. The number of H-pyrrole nitrogens is 1. The third-order valence-corrected chi connectivity index (χ3v) is 3.54. The minimum Gasteiger partial charge on any atom is -0.364 e. The molecular weight excluding hydrogens is 271 g/mol. The lowest BCUT2D eigenvalue weighted by Gasteiger charge is -2.25. The second-order valence-corrected chi connectivity index (χ2v) is 5.04. The van der Waals surface area contributed by atoms with E-state index in [2.05, 4.69) is 4.98 Å². The van der Waals surface area contributed by atoms with Gasteiger partial charge in [-0.25, -0.2) is 4.39 Å². The average molecular weight is 288 g/mol. The third kappa shape index (κ3) is 3.18. The Hall–Kier alpha value is -2.43. The van der Waals surface area contributed by atoms with Gasteiger partial charge in [-0.2, -0.15) is 0 Å². The number of hydrogen-bond acceptors (Lipinski definition) is 2. The molecule has 0 aliphatic carbocycles. The molecule has 1 unspecified atom stereocenters. The molecule has 0 aliphatic heterocycles. The number of pyridine rings is 1. The van der Waals surface area contributed by atoms with Crippen molar-refractivity contribution in [2.75, 3.05) is 7.05 Å². The van der Waals surface area contributed by atoms with Crippen molar-refractivity contribution < 1.29 is 9.18 Å². The topological polar surface area (TPSA) is 53.2 Å². The Morgan fingerprint density at radius 1 is 1.29 bits per heavy atom. The first kappa shape index (κ1) is 15.0. The molecule has 1 aromatic heterocycles. The fourth-order valence-electron chi connectivity index (χ4n) is 2.07. The summed E-state index contributed by atoms with van der Waals surface area (Å²) in [6, 6.07) is 7.08. The summed E-state index contributed by atoms with van der Waals surface area (Å²) in [4.78, 5) is 28.6. The van der Waals surface area contributed by atoms with E-state index >= 15 is 0 Å². The molecule has 0 fully saturated rings. The SMILES string of the molecule is Cc1cc(=O)c(C(=O)N(C)C(C)c2ccc(F)cc2)c[nH]1. The molecule has 4 nitrogen and oxygen atoms in total. The highest BCUT2D eigenvalue weighted by atomic mass is 19.1. The Labute approximate surface area is 122 Å². The van der Waals surface area contributed by atoms with Crippen LogP contribution in [0.3, 0.4) is 0 Å². The molecule has 110 valence electrons. The smallest absolute Gasteiger partial charge is 0.259 e. The Bertz CT molecular complexity index is 707. The Kier molecular flexibility index (Phi) is 4.21. The van der Waals surface area contributed by atoms with Crippen LogP contribution in [0.4, 0.5) is 4.39 Å². The molecule has 1 atom stereocenters. The summed E-state index contributed by atoms with van der Waals surface area (Å²) in [6.07, 6.45) is 1.42. The molecule has 1 N–H and O–H groups in total. The van der Waals surface area contributed by atoms with Gasteiger partial charge in [0.25, 0.3) is 5.91 Å². The molecule has 21 heavy (non-hydrogen) atoms. The Morgan fingerprint density at radius 2 is 1.90 bits per heavy atom. The van der Waals surface area contributed by atoms with Crippen LogP contribution in [-0.4, -0.2) is 22.8 Å². The summed E-state index contributed by atoms with van der Waals surface area (Å²) < 4.78 is 12.9. The van der Waals surface area contributed by atoms with Crippen molar-refractivity contribution in [3.05, 3.63) is 69.4 Å². The molecule has 0 saturated heterocycles. The molecule has 2 aromatic rings. The van der Waals surface area contributed by atoms with Crippen molar-refractivity contribution in [3.63, 3.8) is 0 Å². The lowest BCUT2D eigenvalue weighted by atomic mass is 10.1. The molecule has 1 aromatic carbocycles. The normalized spacial score (nSPS) is 12.0. The molecule has 2 rings (SSSR count). The maximum Gasteiger partial charge on any atom is 0.259 e. The van der Waals surface area contributed by atoms with Gasteiger partial charge in [0.05, 0.1) is 6.04 Å². The van der Waals surface area contributed by atoms with Gasteiger partial charge in [0.1, 0.15) is 11.4 Å². The van der Waals surface area contributed by atoms with Crippen LogP contribution in [0.1, 0.15) is 34.6 Å². The lowest BCUT2D eigenvalue weighted by molar-refractivity contribution is 0.0741. The summed E-state index contributed by atoms with van der Waals surface area (Å²) in [7, 11) is 1.62. The summed E-state index contributed by atoms with van der Waals surface area (Å²) in [5, 5.41) is 0. The van der Waals surface area contributed by atoms with E-state index in [0.29, 0.717) is 5.69 Å². The van der Waals surface area contributed by atoms with Crippen molar-refractivity contribution in [2.45, 2.75) is 19.9 Å². The van der Waals surface area contributed by atoms with Gasteiger partial charge in [-0.15, -0.1) is 0 Å². The maximum atomic E-state index is 12.9. The number of hydrogen-bond donors (Lipinski definition) is 1. The molecule has 0 bridgehead atoms. The van der Waals surface area contributed by atoms with Crippen LogP contribution in [0.25, 0.3) is 0 Å². The van der Waals surface area contributed by atoms with E-state index in [4.69, 9.17) is 0 Å². The largest absolute Gasteiger partial charge is 0.364 e. The van der Waals surface area contributed by atoms with Gasteiger partial charge in [-0.05, 0) is 31.5 Å². The number of aromatic amines is 1. The zero-order chi connectivity index (χ0) is 15.6. The van der Waals surface area contributed by atoms with Crippen LogP contribution < -0.4 is 5.43 Å². The molecule has 0 saturated carbocycles. The standard InChI is InChI=1S/C16H17FN2O2/c1-10-8-15(20)14(9-18-10)16(21)19(3)11(2)12-4-6-13(17)7-5-12/h4-9,11H,1-3H3,(H,18,20). The third-order valence-electron chi connectivity index (χ3n) is 3.54. The van der Waals surface area contributed by atoms with Crippen molar-refractivity contribution in [1.82, 2.24) is 9.88 Å². The first-order valence-corrected chi connectivity index (χ1v) is 6.62. The van der Waals surface area contributed by atoms with Crippen LogP contribution in [0, 0.1) is 12.7 Å². The van der Waals surface area contributed by atoms with Crippen molar-refractivity contribution >= 4 is 5.91 Å². The van der Waals surface area contributed by atoms with Crippen LogP contribution in [0.5, 0.6) is 0 Å². The highest BCUT2D eigenvalue weighted by Crippen LogP contribution is 2.20. The fraction of sp³-hybridized carbons (Fsp3) is 0.250. The van der Waals surface area contributed by atoms with E-state index in [1.165, 1.54) is 29.3 Å². The monoisotopic (exact) mass is 288 g/mol. The van der Waals surface area contributed by atoms with Crippen LogP contribution in [-0.2, 0) is 0 Å². The Morgan fingerprint density at radius 3 is 2.48 bits per heavy atom. The van der Waals surface area contributed by atoms with Crippen LogP contribution in [0.2, 0.25) is 0 Å². The number of amides is 1. The average Bonchev–Trinajstić information content (AvgIpc) is 2.46. The van der Waals surface area contributed by atoms with Crippen molar-refractivity contribution in [3.8, 4) is 0 Å². The molecule has 0 aliphatic rings. The van der Waals surface area contributed by atoms with Crippen molar-refractivity contribution in [2.24, 2.45) is 0 Å². The molecular formula is C16H17FN2O2. The fourth-order valence-corrected chi connectivity index (χ4v) is 2.07. The number of benzene rings is 1. The summed E-state index contributed by atoms with van der Waals surface area (Å²) in [6.45, 7) is 3.58. The van der Waals surface area contributed by atoms with Gasteiger partial charge in [0.2, 0.25) is 0 Å². The minimum absolute atomic E-state index is 0.0945. The number of rotatable bonds is 3. The van der Waals surface area contributed by atoms with Gasteiger partial charge >= 0.3 is 0 Å². The number of aryl methyl sites for hydroxylation is 1. The number of nitrogens with one attached hydrogen (secondary N) is 1. The molecule has 1 heterocycles. The quantitative estimate of drug-likeness (QED) is 0.944. The predicted octanol–water partition coefficient (Wildman–Crippen LogP) is 2.66.